The van der Waals surface area contributed by atoms with Crippen LogP contribution < -0.4 is 11.3 Å². The van der Waals surface area contributed by atoms with Gasteiger partial charge in [-0.05, 0) is 69.1 Å². The minimum absolute atomic E-state index is 0.187. The number of nitrogens with one attached hydrogen (secondary N) is 1. The topological polar surface area (TPSA) is 38.0 Å². The van der Waals surface area contributed by atoms with E-state index in [4.69, 9.17) is 5.84 Å². The van der Waals surface area contributed by atoms with Crippen LogP contribution in [-0.2, 0) is 6.42 Å². The van der Waals surface area contributed by atoms with E-state index in [0.29, 0.717) is 0 Å². The summed E-state index contributed by atoms with van der Waals surface area (Å²) in [4.78, 5) is 0. The average molecular weight is 344 g/mol. The second-order valence-corrected chi connectivity index (χ2v) is 5.63. The second kappa shape index (κ2) is 5.77. The molecule has 0 aliphatic carbocycles. The fourth-order valence-electron chi connectivity index (χ4n) is 1.61. The Morgan fingerprint density at radius 1 is 1.25 bits per heavy atom. The number of nitrogens with two attached hydrogens (primary N) is 1. The first kappa shape index (κ1) is 12.0. The zero-order valence-corrected chi connectivity index (χ0v) is 11.7. The van der Waals surface area contributed by atoms with Crippen molar-refractivity contribution in [2.75, 3.05) is 0 Å². The molecule has 0 saturated heterocycles. The predicted molar refractivity (Wildman–Crippen MR) is 77.2 cm³/mol. The summed E-state index contributed by atoms with van der Waals surface area (Å²) < 4.78 is 1.24. The molecule has 2 rings (SSSR count). The number of benzene rings is 1. The van der Waals surface area contributed by atoms with Gasteiger partial charge in [0.2, 0.25) is 0 Å². The van der Waals surface area contributed by atoms with Gasteiger partial charge in [-0.2, -0.15) is 11.3 Å². The zero-order valence-electron chi connectivity index (χ0n) is 8.69. The Balaban J connectivity index is 2.13. The van der Waals surface area contributed by atoms with E-state index in [0.717, 1.165) is 6.42 Å². The third-order valence-electron chi connectivity index (χ3n) is 2.49. The highest BCUT2D eigenvalue weighted by molar-refractivity contribution is 14.1. The molecule has 16 heavy (non-hydrogen) atoms. The molecule has 2 aromatic rings. The van der Waals surface area contributed by atoms with Gasteiger partial charge in [-0.15, -0.1) is 0 Å². The Morgan fingerprint density at radius 3 is 2.56 bits per heavy atom. The van der Waals surface area contributed by atoms with E-state index in [1.165, 1.54) is 14.7 Å². The Labute approximate surface area is 113 Å². The van der Waals surface area contributed by atoms with Crippen LogP contribution in [0.4, 0.5) is 0 Å². The quantitative estimate of drug-likeness (QED) is 0.508. The van der Waals surface area contributed by atoms with E-state index < -0.39 is 0 Å². The summed E-state index contributed by atoms with van der Waals surface area (Å²) in [6, 6.07) is 10.8. The van der Waals surface area contributed by atoms with Gasteiger partial charge in [-0.3, -0.25) is 11.3 Å². The number of thiophene rings is 1. The average Bonchev–Trinajstić information content (AvgIpc) is 2.80. The summed E-state index contributed by atoms with van der Waals surface area (Å²) in [7, 11) is 0. The molecule has 1 atom stereocenters. The van der Waals surface area contributed by atoms with Crippen LogP contribution in [0.15, 0.2) is 41.1 Å². The lowest BCUT2D eigenvalue weighted by Gasteiger charge is -2.15. The van der Waals surface area contributed by atoms with E-state index in [9.17, 15) is 0 Å². The van der Waals surface area contributed by atoms with Gasteiger partial charge in [0.05, 0.1) is 6.04 Å². The fourth-order valence-corrected chi connectivity index (χ4v) is 2.65. The largest absolute Gasteiger partial charge is 0.271 e. The van der Waals surface area contributed by atoms with Gasteiger partial charge in [-0.1, -0.05) is 12.1 Å². The van der Waals surface area contributed by atoms with E-state index >= 15 is 0 Å². The first-order valence-electron chi connectivity index (χ1n) is 5.02. The third-order valence-corrected chi connectivity index (χ3v) is 3.94. The maximum atomic E-state index is 5.61. The number of hydrogen-bond donors (Lipinski definition) is 2. The Hall–Kier alpha value is -0.430. The van der Waals surface area contributed by atoms with Crippen LogP contribution in [0.2, 0.25) is 0 Å². The van der Waals surface area contributed by atoms with Gasteiger partial charge in [0.1, 0.15) is 0 Å². The zero-order chi connectivity index (χ0) is 11.4. The van der Waals surface area contributed by atoms with Crippen LogP contribution in [0.1, 0.15) is 17.2 Å². The van der Waals surface area contributed by atoms with Crippen LogP contribution >= 0.6 is 33.9 Å². The molecule has 1 unspecified atom stereocenters. The van der Waals surface area contributed by atoms with Gasteiger partial charge in [0, 0.05) is 3.57 Å². The lowest BCUT2D eigenvalue weighted by Crippen LogP contribution is -2.29. The van der Waals surface area contributed by atoms with E-state index in [1.807, 2.05) is 0 Å². The minimum Gasteiger partial charge on any atom is -0.271 e. The summed E-state index contributed by atoms with van der Waals surface area (Å²) >= 11 is 4.02. The van der Waals surface area contributed by atoms with Crippen LogP contribution in [0.5, 0.6) is 0 Å². The smallest absolute Gasteiger partial charge is 0.0500 e. The number of rotatable bonds is 4. The van der Waals surface area contributed by atoms with Gasteiger partial charge in [0.15, 0.2) is 0 Å². The standard InChI is InChI=1S/C12H13IN2S/c13-11-3-1-10(2-4-11)12(15-14)7-9-5-6-16-8-9/h1-6,8,12,15H,7,14H2. The molecule has 0 radical (unpaired) electrons. The van der Waals surface area contributed by atoms with Crippen molar-refractivity contribution in [3.05, 3.63) is 55.8 Å². The third kappa shape index (κ3) is 3.04. The number of hydrogen-bond acceptors (Lipinski definition) is 3. The molecule has 1 aromatic carbocycles. The molecular weight excluding hydrogens is 331 g/mol. The predicted octanol–water partition coefficient (Wildman–Crippen LogP) is 3.10. The maximum Gasteiger partial charge on any atom is 0.0500 e. The van der Waals surface area contributed by atoms with E-state index in [-0.39, 0.29) is 6.04 Å². The fraction of sp³-hybridized carbons (Fsp3) is 0.167. The van der Waals surface area contributed by atoms with Crippen molar-refractivity contribution in [3.63, 3.8) is 0 Å². The molecule has 4 heteroatoms. The summed E-state index contributed by atoms with van der Waals surface area (Å²) in [6.45, 7) is 0. The van der Waals surface area contributed by atoms with Crippen LogP contribution in [-0.4, -0.2) is 0 Å². The van der Waals surface area contributed by atoms with Crippen molar-refractivity contribution < 1.29 is 0 Å². The second-order valence-electron chi connectivity index (χ2n) is 3.61. The minimum atomic E-state index is 0.187. The van der Waals surface area contributed by atoms with Crippen molar-refractivity contribution in [2.24, 2.45) is 5.84 Å². The Morgan fingerprint density at radius 2 is 2.00 bits per heavy atom. The monoisotopic (exact) mass is 344 g/mol. The van der Waals surface area contributed by atoms with Crippen molar-refractivity contribution >= 4 is 33.9 Å². The molecule has 2 nitrogen and oxygen atoms in total. The van der Waals surface area contributed by atoms with Gasteiger partial charge >= 0.3 is 0 Å². The molecule has 0 aliphatic rings. The molecule has 0 aliphatic heterocycles. The highest BCUT2D eigenvalue weighted by Crippen LogP contribution is 2.20. The summed E-state index contributed by atoms with van der Waals surface area (Å²) in [6.07, 6.45) is 0.931. The molecule has 0 bridgehead atoms. The molecule has 0 spiro atoms. The Kier molecular flexibility index (Phi) is 4.34. The number of hydrazine groups is 1. The molecular formula is C12H13IN2S. The molecule has 84 valence electrons. The van der Waals surface area contributed by atoms with Crippen molar-refractivity contribution in [1.82, 2.24) is 5.43 Å². The van der Waals surface area contributed by atoms with Crippen molar-refractivity contribution in [3.8, 4) is 0 Å². The first-order chi connectivity index (χ1) is 7.79. The van der Waals surface area contributed by atoms with Crippen molar-refractivity contribution in [1.29, 1.82) is 0 Å². The lowest BCUT2D eigenvalue weighted by molar-refractivity contribution is 0.552. The molecule has 0 fully saturated rings. The maximum absolute atomic E-state index is 5.61. The van der Waals surface area contributed by atoms with Crippen LogP contribution in [0.3, 0.4) is 0 Å². The summed E-state index contributed by atoms with van der Waals surface area (Å²) in [5.41, 5.74) is 5.43. The summed E-state index contributed by atoms with van der Waals surface area (Å²) in [5.74, 6) is 5.61. The van der Waals surface area contributed by atoms with Crippen LogP contribution in [0, 0.1) is 3.57 Å². The lowest BCUT2D eigenvalue weighted by atomic mass is 10.0. The van der Waals surface area contributed by atoms with E-state index in [2.05, 4.69) is 69.1 Å². The molecule has 0 amide bonds. The first-order valence-corrected chi connectivity index (χ1v) is 7.04. The van der Waals surface area contributed by atoms with Gasteiger partial charge in [0.25, 0.3) is 0 Å². The molecule has 1 aromatic heterocycles. The van der Waals surface area contributed by atoms with E-state index in [1.54, 1.807) is 11.3 Å². The Bertz CT molecular complexity index is 425. The van der Waals surface area contributed by atoms with Crippen LogP contribution in [0.25, 0.3) is 0 Å². The van der Waals surface area contributed by atoms with Gasteiger partial charge in [-0.25, -0.2) is 0 Å². The highest BCUT2D eigenvalue weighted by atomic mass is 127. The molecule has 0 saturated carbocycles. The molecule has 1 heterocycles. The van der Waals surface area contributed by atoms with Crippen molar-refractivity contribution in [2.45, 2.75) is 12.5 Å². The molecule has 3 N–H and O–H groups in total. The summed E-state index contributed by atoms with van der Waals surface area (Å²) in [5, 5.41) is 4.26. The normalized spacial score (nSPS) is 12.6. The number of halogens is 1. The van der Waals surface area contributed by atoms with Gasteiger partial charge < -0.3 is 0 Å². The highest BCUT2D eigenvalue weighted by Gasteiger charge is 2.10. The SMILES string of the molecule is NNC(Cc1ccsc1)c1ccc(I)cc1.